The summed E-state index contributed by atoms with van der Waals surface area (Å²) in [6, 6.07) is 8.57. The van der Waals surface area contributed by atoms with Gasteiger partial charge in [-0.15, -0.1) is 0 Å². The van der Waals surface area contributed by atoms with Gasteiger partial charge in [0, 0.05) is 36.6 Å². The summed E-state index contributed by atoms with van der Waals surface area (Å²) < 4.78 is 8.05. The van der Waals surface area contributed by atoms with Crippen molar-refractivity contribution in [3.05, 3.63) is 36.3 Å². The molecule has 0 amide bonds. The molecule has 1 aromatic carbocycles. The number of aryl methyl sites for hydroxylation is 1. The third-order valence-electron chi connectivity index (χ3n) is 6.67. The molecule has 2 fully saturated rings. The van der Waals surface area contributed by atoms with Crippen LogP contribution in [0.4, 0.5) is 0 Å². The lowest BCUT2D eigenvalue weighted by Gasteiger charge is -2.26. The van der Waals surface area contributed by atoms with Crippen molar-refractivity contribution in [1.29, 1.82) is 0 Å². The van der Waals surface area contributed by atoms with Crippen LogP contribution in [0.15, 0.2) is 35.0 Å². The molecular formula is C24H33N5O. The molecule has 160 valence electrons. The van der Waals surface area contributed by atoms with Gasteiger partial charge in [0.05, 0.1) is 5.56 Å². The van der Waals surface area contributed by atoms with E-state index >= 15 is 0 Å². The molecule has 0 saturated carbocycles. The SMILES string of the molecule is c1ccc2c(c1)c(-c1nc(CCCN3CCCC3)no1)cn2CCN1CCCCC1. The Balaban J connectivity index is 1.28. The van der Waals surface area contributed by atoms with E-state index in [1.807, 2.05) is 0 Å². The number of nitrogens with zero attached hydrogens (tertiary/aromatic N) is 5. The average Bonchev–Trinajstić information content (AvgIpc) is 3.53. The highest BCUT2D eigenvalue weighted by Crippen LogP contribution is 2.30. The number of benzene rings is 1. The Morgan fingerprint density at radius 2 is 1.57 bits per heavy atom. The number of aromatic nitrogens is 3. The zero-order valence-corrected chi connectivity index (χ0v) is 17.9. The van der Waals surface area contributed by atoms with Crippen molar-refractivity contribution >= 4 is 10.9 Å². The molecule has 6 heteroatoms. The molecule has 30 heavy (non-hydrogen) atoms. The van der Waals surface area contributed by atoms with Gasteiger partial charge in [-0.2, -0.15) is 4.98 Å². The smallest absolute Gasteiger partial charge is 0.260 e. The summed E-state index contributed by atoms with van der Waals surface area (Å²) in [6.07, 6.45) is 10.9. The Kier molecular flexibility index (Phi) is 6.13. The minimum absolute atomic E-state index is 0.652. The predicted octanol–water partition coefficient (Wildman–Crippen LogP) is 4.21. The zero-order chi connectivity index (χ0) is 20.2. The topological polar surface area (TPSA) is 50.3 Å². The number of piperidine rings is 1. The molecule has 2 aliphatic heterocycles. The molecule has 6 nitrogen and oxygen atoms in total. The van der Waals surface area contributed by atoms with E-state index in [4.69, 9.17) is 9.51 Å². The number of para-hydroxylation sites is 1. The maximum absolute atomic E-state index is 5.69. The van der Waals surface area contributed by atoms with Crippen LogP contribution >= 0.6 is 0 Å². The summed E-state index contributed by atoms with van der Waals surface area (Å²) in [4.78, 5) is 9.86. The largest absolute Gasteiger partial charge is 0.345 e. The molecule has 0 radical (unpaired) electrons. The second-order valence-corrected chi connectivity index (χ2v) is 8.82. The maximum Gasteiger partial charge on any atom is 0.260 e. The monoisotopic (exact) mass is 407 g/mol. The van der Waals surface area contributed by atoms with Crippen LogP contribution in [0.5, 0.6) is 0 Å². The van der Waals surface area contributed by atoms with Gasteiger partial charge in [-0.25, -0.2) is 0 Å². The van der Waals surface area contributed by atoms with E-state index in [-0.39, 0.29) is 0 Å². The maximum atomic E-state index is 5.69. The molecule has 0 unspecified atom stereocenters. The fraction of sp³-hybridized carbons (Fsp3) is 0.583. The summed E-state index contributed by atoms with van der Waals surface area (Å²) in [5, 5.41) is 5.47. The Morgan fingerprint density at radius 3 is 2.40 bits per heavy atom. The van der Waals surface area contributed by atoms with Gasteiger partial charge >= 0.3 is 0 Å². The minimum atomic E-state index is 0.652. The third kappa shape index (κ3) is 4.44. The summed E-state index contributed by atoms with van der Waals surface area (Å²) >= 11 is 0. The fourth-order valence-corrected chi connectivity index (χ4v) is 4.97. The minimum Gasteiger partial charge on any atom is -0.345 e. The number of hydrogen-bond acceptors (Lipinski definition) is 5. The number of hydrogen-bond donors (Lipinski definition) is 0. The summed E-state index contributed by atoms with van der Waals surface area (Å²) in [6.45, 7) is 8.19. The van der Waals surface area contributed by atoms with Crippen LogP contribution in [0.1, 0.15) is 44.3 Å². The first-order valence-corrected chi connectivity index (χ1v) is 11.7. The lowest BCUT2D eigenvalue weighted by molar-refractivity contribution is 0.221. The van der Waals surface area contributed by atoms with Crippen LogP contribution in [0.2, 0.25) is 0 Å². The molecule has 2 aliphatic rings. The lowest BCUT2D eigenvalue weighted by atomic mass is 10.1. The van der Waals surface area contributed by atoms with E-state index in [9.17, 15) is 0 Å². The highest BCUT2D eigenvalue weighted by atomic mass is 16.5. The van der Waals surface area contributed by atoms with Crippen molar-refractivity contribution < 1.29 is 4.52 Å². The first-order valence-electron chi connectivity index (χ1n) is 11.7. The summed E-state index contributed by atoms with van der Waals surface area (Å²) in [5.41, 5.74) is 2.31. The molecule has 0 spiro atoms. The Morgan fingerprint density at radius 1 is 0.833 bits per heavy atom. The van der Waals surface area contributed by atoms with Gasteiger partial charge in [-0.1, -0.05) is 29.8 Å². The second kappa shape index (κ2) is 9.31. The zero-order valence-electron chi connectivity index (χ0n) is 17.9. The van der Waals surface area contributed by atoms with Crippen molar-refractivity contribution in [2.75, 3.05) is 39.3 Å². The number of rotatable bonds is 8. The highest BCUT2D eigenvalue weighted by Gasteiger charge is 2.18. The molecule has 2 saturated heterocycles. The van der Waals surface area contributed by atoms with E-state index in [0.29, 0.717) is 5.89 Å². The standard InChI is InChI=1S/C24H33N5O/c1-4-12-28(13-5-1)17-18-29-19-21(20-9-2-3-10-22(20)29)24-25-23(26-30-24)11-8-16-27-14-6-7-15-27/h2-3,9-10,19H,1,4-8,11-18H2. The van der Waals surface area contributed by atoms with Crippen molar-refractivity contribution in [1.82, 2.24) is 24.5 Å². The van der Waals surface area contributed by atoms with Gasteiger partial charge in [0.2, 0.25) is 0 Å². The lowest BCUT2D eigenvalue weighted by Crippen LogP contribution is -2.32. The highest BCUT2D eigenvalue weighted by molar-refractivity contribution is 5.94. The Hall–Kier alpha value is -2.18. The fourth-order valence-electron chi connectivity index (χ4n) is 4.97. The molecule has 0 N–H and O–H groups in total. The van der Waals surface area contributed by atoms with E-state index in [2.05, 4.69) is 50.0 Å². The van der Waals surface area contributed by atoms with Crippen LogP contribution in [0, 0.1) is 0 Å². The van der Waals surface area contributed by atoms with Gasteiger partial charge in [0.15, 0.2) is 5.82 Å². The number of fused-ring (bicyclic) bond motifs is 1. The average molecular weight is 408 g/mol. The molecule has 0 bridgehead atoms. The normalized spacial score (nSPS) is 18.5. The quantitative estimate of drug-likeness (QED) is 0.560. The van der Waals surface area contributed by atoms with Crippen LogP contribution < -0.4 is 0 Å². The van der Waals surface area contributed by atoms with Crippen molar-refractivity contribution in [2.24, 2.45) is 0 Å². The molecule has 2 aromatic heterocycles. The van der Waals surface area contributed by atoms with Crippen molar-refractivity contribution in [3.63, 3.8) is 0 Å². The van der Waals surface area contributed by atoms with E-state index < -0.39 is 0 Å². The first-order chi connectivity index (χ1) is 14.9. The molecule has 0 aliphatic carbocycles. The van der Waals surface area contributed by atoms with Gasteiger partial charge in [-0.05, 0) is 70.9 Å². The predicted molar refractivity (Wildman–Crippen MR) is 120 cm³/mol. The van der Waals surface area contributed by atoms with Gasteiger partial charge in [0.25, 0.3) is 5.89 Å². The van der Waals surface area contributed by atoms with E-state index in [1.54, 1.807) is 0 Å². The molecule has 4 heterocycles. The molecular weight excluding hydrogens is 374 g/mol. The third-order valence-corrected chi connectivity index (χ3v) is 6.67. The summed E-state index contributed by atoms with van der Waals surface area (Å²) in [7, 11) is 0. The van der Waals surface area contributed by atoms with Crippen LogP contribution in [-0.2, 0) is 13.0 Å². The second-order valence-electron chi connectivity index (χ2n) is 8.82. The van der Waals surface area contributed by atoms with Crippen molar-refractivity contribution in [3.8, 4) is 11.5 Å². The van der Waals surface area contributed by atoms with Crippen molar-refractivity contribution in [2.45, 2.75) is 51.5 Å². The van der Waals surface area contributed by atoms with Crippen LogP contribution in [-0.4, -0.2) is 63.8 Å². The van der Waals surface area contributed by atoms with Crippen LogP contribution in [0.25, 0.3) is 22.4 Å². The summed E-state index contributed by atoms with van der Waals surface area (Å²) in [5.74, 6) is 1.48. The number of likely N-dealkylation sites (tertiary alicyclic amines) is 2. The van der Waals surface area contributed by atoms with E-state index in [0.717, 1.165) is 43.9 Å². The first kappa shape index (κ1) is 19.8. The molecule has 0 atom stereocenters. The Labute approximate surface area is 178 Å². The Bertz CT molecular complexity index is 950. The van der Waals surface area contributed by atoms with Crippen LogP contribution in [0.3, 0.4) is 0 Å². The van der Waals surface area contributed by atoms with Gasteiger partial charge < -0.3 is 18.9 Å². The van der Waals surface area contributed by atoms with Gasteiger partial charge in [-0.3, -0.25) is 0 Å². The van der Waals surface area contributed by atoms with E-state index in [1.165, 1.54) is 69.2 Å². The van der Waals surface area contributed by atoms with Gasteiger partial charge in [0.1, 0.15) is 0 Å². The molecule has 5 rings (SSSR count). The molecule has 3 aromatic rings.